The van der Waals surface area contributed by atoms with Crippen molar-refractivity contribution in [3.05, 3.63) is 67.8 Å². The Morgan fingerprint density at radius 2 is 1.40 bits per heavy atom. The van der Waals surface area contributed by atoms with E-state index >= 15 is 0 Å². The van der Waals surface area contributed by atoms with Gasteiger partial charge in [0.1, 0.15) is 5.69 Å². The van der Waals surface area contributed by atoms with Crippen LogP contribution in [0.25, 0.3) is 0 Å². The molecule has 0 aromatic heterocycles. The van der Waals surface area contributed by atoms with E-state index in [1.807, 2.05) is 59.2 Å². The Morgan fingerprint density at radius 1 is 0.857 bits per heavy atom. The van der Waals surface area contributed by atoms with Crippen LogP contribution in [-0.4, -0.2) is 75.2 Å². The third-order valence-electron chi connectivity index (χ3n) is 5.63. The summed E-state index contributed by atoms with van der Waals surface area (Å²) in [5.74, 6) is 8.65. The first kappa shape index (κ1) is 35.9. The zero-order valence-corrected chi connectivity index (χ0v) is 26.6. The summed E-state index contributed by atoms with van der Waals surface area (Å²) in [6, 6.07) is 8.06. The molecule has 0 saturated carbocycles. The van der Waals surface area contributed by atoms with Gasteiger partial charge >= 0.3 is 11.9 Å². The average Bonchev–Trinajstić information content (AvgIpc) is 2.95. The molecule has 0 atom stereocenters. The summed E-state index contributed by atoms with van der Waals surface area (Å²) in [4.78, 5) is 22.5. The number of nitro benzene ring substituents is 2. The van der Waals surface area contributed by atoms with Gasteiger partial charge in [0, 0.05) is 59.4 Å². The number of anilines is 2. The molecule has 42 heavy (non-hydrogen) atoms. The van der Waals surface area contributed by atoms with Crippen molar-refractivity contribution >= 4 is 76.0 Å². The summed E-state index contributed by atoms with van der Waals surface area (Å²) in [5, 5.41) is 26.2. The minimum Gasteiger partial charge on any atom is -0.370 e. The van der Waals surface area contributed by atoms with Crippen LogP contribution in [0.3, 0.4) is 0 Å². The summed E-state index contributed by atoms with van der Waals surface area (Å²) < 4.78 is 40.8. The molecule has 1 N–H and O–H groups in total. The highest BCUT2D eigenvalue weighted by molar-refractivity contribution is 8.03. The number of halogens is 3. The molecule has 0 bridgehead atoms. The average molecular weight is 666 g/mol. The van der Waals surface area contributed by atoms with Crippen molar-refractivity contribution in [1.82, 2.24) is 0 Å². The molecule has 16 heteroatoms. The SMILES string of the molecule is CCSCCSCCN(CCSCCSCC)c1ccc(/C=N/Nc2c([N+](=O)[O-])cc([N+](=O)[O-])cc2C(F)(F)F)cc1. The maximum Gasteiger partial charge on any atom is 0.418 e. The minimum absolute atomic E-state index is 0.246. The fourth-order valence-electron chi connectivity index (χ4n) is 3.59. The molecule has 2 aromatic rings. The Labute approximate surface area is 260 Å². The Kier molecular flexibility index (Phi) is 16.3. The van der Waals surface area contributed by atoms with Crippen molar-refractivity contribution in [3.8, 4) is 0 Å². The van der Waals surface area contributed by atoms with Gasteiger partial charge in [-0.25, -0.2) is 0 Å². The van der Waals surface area contributed by atoms with Crippen LogP contribution in [0.15, 0.2) is 41.5 Å². The van der Waals surface area contributed by atoms with E-state index in [2.05, 4.69) is 29.3 Å². The van der Waals surface area contributed by atoms with Crippen LogP contribution in [-0.2, 0) is 6.18 Å². The summed E-state index contributed by atoms with van der Waals surface area (Å²) in [6.45, 7) is 6.06. The molecule has 232 valence electrons. The van der Waals surface area contributed by atoms with Crippen molar-refractivity contribution < 1.29 is 23.0 Å². The van der Waals surface area contributed by atoms with Crippen molar-refractivity contribution in [1.29, 1.82) is 0 Å². The second-order valence-corrected chi connectivity index (χ2v) is 13.7. The van der Waals surface area contributed by atoms with Crippen molar-refractivity contribution in [2.45, 2.75) is 20.0 Å². The van der Waals surface area contributed by atoms with Gasteiger partial charge in [0.2, 0.25) is 0 Å². The molecular formula is C26H34F3N5O4S4. The third-order valence-corrected chi connectivity index (χ3v) is 9.87. The molecule has 9 nitrogen and oxygen atoms in total. The van der Waals surface area contributed by atoms with Gasteiger partial charge in [-0.1, -0.05) is 26.0 Å². The maximum absolute atomic E-state index is 13.6. The lowest BCUT2D eigenvalue weighted by atomic mass is 10.1. The Morgan fingerprint density at radius 3 is 1.88 bits per heavy atom. The molecule has 0 unspecified atom stereocenters. The number of benzene rings is 2. The van der Waals surface area contributed by atoms with Gasteiger partial charge in [0.05, 0.1) is 27.7 Å². The first-order valence-electron chi connectivity index (χ1n) is 13.1. The number of non-ortho nitro benzene ring substituents is 1. The number of alkyl halides is 3. The van der Waals surface area contributed by atoms with Gasteiger partial charge in [-0.3, -0.25) is 25.7 Å². The Bertz CT molecular complexity index is 1160. The zero-order chi connectivity index (χ0) is 31.0. The molecule has 0 radical (unpaired) electrons. The van der Waals surface area contributed by atoms with Crippen LogP contribution in [0.2, 0.25) is 0 Å². The molecule has 0 aliphatic heterocycles. The van der Waals surface area contributed by atoms with E-state index in [-0.39, 0.29) is 6.07 Å². The first-order valence-corrected chi connectivity index (χ1v) is 17.7. The molecular weight excluding hydrogens is 632 g/mol. The molecule has 2 aromatic carbocycles. The molecule has 0 amide bonds. The molecule has 2 rings (SSSR count). The standard InChI is InChI=1S/C26H34F3N5O4S4/c1-3-39-13-15-41-11-9-32(10-12-42-16-14-40-4-2)21-7-5-20(6-8-21)19-30-31-25-23(26(27,28)29)17-22(33(35)36)18-24(25)34(37)38/h5-8,17-19,31H,3-4,9-16H2,1-2H3/b30-19+. The molecule has 0 fully saturated rings. The summed E-state index contributed by atoms with van der Waals surface area (Å²) in [6.07, 6.45) is -3.85. The highest BCUT2D eigenvalue weighted by Gasteiger charge is 2.39. The van der Waals surface area contributed by atoms with Gasteiger partial charge in [0.15, 0.2) is 0 Å². The van der Waals surface area contributed by atoms with Crippen LogP contribution < -0.4 is 10.3 Å². The number of nitrogens with one attached hydrogen (secondary N) is 1. The van der Waals surface area contributed by atoms with Crippen molar-refractivity contribution in [2.24, 2.45) is 5.10 Å². The highest BCUT2D eigenvalue weighted by Crippen LogP contribution is 2.42. The molecule has 0 aliphatic rings. The second kappa shape index (κ2) is 19.1. The van der Waals surface area contributed by atoms with Crippen LogP contribution in [0.5, 0.6) is 0 Å². The number of rotatable bonds is 20. The predicted molar refractivity (Wildman–Crippen MR) is 175 cm³/mol. The van der Waals surface area contributed by atoms with Gasteiger partial charge < -0.3 is 4.90 Å². The molecule has 0 heterocycles. The van der Waals surface area contributed by atoms with Crippen LogP contribution in [0.1, 0.15) is 25.0 Å². The predicted octanol–water partition coefficient (Wildman–Crippen LogP) is 7.75. The van der Waals surface area contributed by atoms with Gasteiger partial charge in [-0.05, 0) is 29.2 Å². The zero-order valence-electron chi connectivity index (χ0n) is 23.3. The highest BCUT2D eigenvalue weighted by atomic mass is 32.2. The van der Waals surface area contributed by atoms with Gasteiger partial charge in [-0.15, -0.1) is 0 Å². The largest absolute Gasteiger partial charge is 0.418 e. The number of hydrazone groups is 1. The maximum atomic E-state index is 13.6. The summed E-state index contributed by atoms with van der Waals surface area (Å²) in [7, 11) is 0. The van der Waals surface area contributed by atoms with Crippen molar-refractivity contribution in [2.75, 3.05) is 69.4 Å². The Balaban J connectivity index is 2.14. The minimum atomic E-state index is -5.08. The summed E-state index contributed by atoms with van der Waals surface area (Å²) >= 11 is 7.69. The molecule has 0 spiro atoms. The van der Waals surface area contributed by atoms with Crippen molar-refractivity contribution in [3.63, 3.8) is 0 Å². The Hall–Kier alpha value is -2.30. The topological polar surface area (TPSA) is 114 Å². The lowest BCUT2D eigenvalue weighted by molar-refractivity contribution is -0.394. The monoisotopic (exact) mass is 665 g/mol. The van der Waals surface area contributed by atoms with E-state index < -0.39 is 38.6 Å². The number of hydrogen-bond donors (Lipinski definition) is 1. The number of thioether (sulfide) groups is 4. The molecule has 0 saturated heterocycles. The van der Waals surface area contributed by atoms with E-state index in [0.29, 0.717) is 11.6 Å². The first-order chi connectivity index (χ1) is 20.1. The fraction of sp³-hybridized carbons (Fsp3) is 0.500. The smallest absolute Gasteiger partial charge is 0.370 e. The summed E-state index contributed by atoms with van der Waals surface area (Å²) in [5.41, 5.74) is -1.01. The van der Waals surface area contributed by atoms with Gasteiger partial charge in [0.25, 0.3) is 5.69 Å². The second-order valence-electron chi connectivity index (χ2n) is 8.47. The van der Waals surface area contributed by atoms with E-state index in [9.17, 15) is 33.4 Å². The van der Waals surface area contributed by atoms with E-state index in [4.69, 9.17) is 0 Å². The lowest BCUT2D eigenvalue weighted by Gasteiger charge is -2.25. The number of nitrogens with zero attached hydrogens (tertiary/aromatic N) is 4. The van der Waals surface area contributed by atoms with Crippen LogP contribution >= 0.6 is 47.0 Å². The normalized spacial score (nSPS) is 11.6. The number of hydrogen-bond acceptors (Lipinski definition) is 11. The van der Waals surface area contributed by atoms with Gasteiger partial charge in [-0.2, -0.15) is 65.3 Å². The quantitative estimate of drug-likeness (QED) is 0.0652. The third kappa shape index (κ3) is 12.5. The molecule has 0 aliphatic carbocycles. The lowest BCUT2D eigenvalue weighted by Crippen LogP contribution is -2.28. The van der Waals surface area contributed by atoms with E-state index in [0.717, 1.165) is 64.8 Å². The van der Waals surface area contributed by atoms with Crippen LogP contribution in [0.4, 0.5) is 35.9 Å². The van der Waals surface area contributed by atoms with Crippen LogP contribution in [0, 0.1) is 20.2 Å². The van der Waals surface area contributed by atoms with E-state index in [1.54, 1.807) is 12.1 Å². The fourth-order valence-corrected chi connectivity index (χ4v) is 7.16. The van der Waals surface area contributed by atoms with E-state index in [1.165, 1.54) is 6.21 Å². The number of nitro groups is 2.